The van der Waals surface area contributed by atoms with E-state index in [9.17, 15) is 13.6 Å². The van der Waals surface area contributed by atoms with Crippen molar-refractivity contribution < 1.29 is 18.8 Å². The van der Waals surface area contributed by atoms with Gasteiger partial charge in [-0.15, -0.1) is 0 Å². The molecule has 0 spiro atoms. The number of pyridine rings is 1. The molecule has 3 aromatic rings. The summed E-state index contributed by atoms with van der Waals surface area (Å²) in [4.78, 5) is 17.9. The van der Waals surface area contributed by atoms with E-state index in [1.807, 2.05) is 0 Å². The molecule has 3 N–H and O–H groups in total. The maximum atomic E-state index is 14.0. The highest BCUT2D eigenvalue weighted by Crippen LogP contribution is 2.16. The van der Waals surface area contributed by atoms with Crippen molar-refractivity contribution in [2.24, 2.45) is 0 Å². The monoisotopic (exact) mass is 305 g/mol. The van der Waals surface area contributed by atoms with Crippen LogP contribution in [-0.4, -0.2) is 31.7 Å². The molecule has 2 aromatic heterocycles. The van der Waals surface area contributed by atoms with Crippen LogP contribution >= 0.6 is 0 Å². The van der Waals surface area contributed by atoms with Gasteiger partial charge in [0, 0.05) is 11.8 Å². The van der Waals surface area contributed by atoms with Crippen LogP contribution in [0.3, 0.4) is 0 Å². The Morgan fingerprint density at radius 3 is 2.59 bits per heavy atom. The van der Waals surface area contributed by atoms with E-state index in [0.29, 0.717) is 5.52 Å². The van der Waals surface area contributed by atoms with Gasteiger partial charge in [0.2, 0.25) is 0 Å². The summed E-state index contributed by atoms with van der Waals surface area (Å²) in [6.45, 7) is -0.181. The minimum absolute atomic E-state index is 0.172. The molecule has 3 rings (SSSR count). The lowest BCUT2D eigenvalue weighted by Gasteiger charge is -2.09. The molecule has 0 atom stereocenters. The Bertz CT molecular complexity index is 884. The Hall–Kier alpha value is -2.52. The van der Waals surface area contributed by atoms with Gasteiger partial charge in [-0.25, -0.2) is 13.8 Å². The van der Waals surface area contributed by atoms with Crippen molar-refractivity contribution in [3.05, 3.63) is 58.3 Å². The van der Waals surface area contributed by atoms with E-state index in [4.69, 9.17) is 10.0 Å². The molecule has 6 nitrogen and oxygen atoms in total. The summed E-state index contributed by atoms with van der Waals surface area (Å²) in [6.07, 6.45) is 2.73. The molecule has 1 aromatic carbocycles. The van der Waals surface area contributed by atoms with Gasteiger partial charge >= 0.3 is 7.12 Å². The van der Waals surface area contributed by atoms with Crippen LogP contribution in [0, 0.1) is 11.6 Å². The lowest BCUT2D eigenvalue weighted by Crippen LogP contribution is -2.31. The fourth-order valence-corrected chi connectivity index (χ4v) is 2.23. The summed E-state index contributed by atoms with van der Waals surface area (Å²) in [5.41, 5.74) is -0.315. The van der Waals surface area contributed by atoms with Crippen LogP contribution in [0.5, 0.6) is 0 Å². The van der Waals surface area contributed by atoms with E-state index in [1.165, 1.54) is 17.1 Å². The number of H-pyrrole nitrogens is 1. The predicted octanol–water partition coefficient (Wildman–Crippen LogP) is -0.269. The molecule has 2 heterocycles. The van der Waals surface area contributed by atoms with Crippen molar-refractivity contribution in [2.45, 2.75) is 6.54 Å². The van der Waals surface area contributed by atoms with Crippen LogP contribution in [0.1, 0.15) is 5.56 Å². The highest BCUT2D eigenvalue weighted by Gasteiger charge is 2.19. The molecule has 0 aliphatic rings. The number of aromatic nitrogens is 3. The number of nitrogens with one attached hydrogen (secondary N) is 1. The topological polar surface area (TPSA) is 91.1 Å². The molecular weight excluding hydrogens is 295 g/mol. The van der Waals surface area contributed by atoms with Gasteiger partial charge in [-0.1, -0.05) is 0 Å². The van der Waals surface area contributed by atoms with Crippen molar-refractivity contribution >= 4 is 23.6 Å². The summed E-state index contributed by atoms with van der Waals surface area (Å²) in [7, 11) is -1.95. The Labute approximate surface area is 122 Å². The Kier molecular flexibility index (Phi) is 3.51. The Balaban J connectivity index is 2.06. The lowest BCUT2D eigenvalue weighted by molar-refractivity contribution is 0.424. The van der Waals surface area contributed by atoms with Crippen LogP contribution in [0.15, 0.2) is 35.5 Å². The second-order valence-corrected chi connectivity index (χ2v) is 4.75. The van der Waals surface area contributed by atoms with E-state index in [1.54, 1.807) is 6.07 Å². The lowest BCUT2D eigenvalue weighted by atomic mass is 9.80. The Morgan fingerprint density at radius 2 is 1.95 bits per heavy atom. The first-order valence-corrected chi connectivity index (χ1v) is 6.34. The number of aromatic amines is 1. The molecule has 0 unspecified atom stereocenters. The van der Waals surface area contributed by atoms with Gasteiger partial charge in [0.15, 0.2) is 5.52 Å². The number of hydrogen-bond acceptors (Lipinski definition) is 4. The minimum atomic E-state index is -1.95. The van der Waals surface area contributed by atoms with E-state index < -0.39 is 24.3 Å². The second kappa shape index (κ2) is 5.36. The quantitative estimate of drug-likeness (QED) is 0.581. The number of halogens is 2. The molecule has 0 fully saturated rings. The molecule has 0 bridgehead atoms. The fraction of sp³-hybridized carbons (Fsp3) is 0.0769. The zero-order valence-corrected chi connectivity index (χ0v) is 11.1. The number of nitrogens with zero attached hydrogens (tertiary/aromatic N) is 2. The van der Waals surface area contributed by atoms with Crippen LogP contribution in [0.25, 0.3) is 11.0 Å². The van der Waals surface area contributed by atoms with Gasteiger partial charge in [0.05, 0.1) is 18.4 Å². The van der Waals surface area contributed by atoms with Gasteiger partial charge in [-0.2, -0.15) is 0 Å². The highest BCUT2D eigenvalue weighted by molar-refractivity contribution is 6.58. The zero-order chi connectivity index (χ0) is 15.9. The minimum Gasteiger partial charge on any atom is -0.423 e. The Morgan fingerprint density at radius 1 is 1.27 bits per heavy atom. The maximum absolute atomic E-state index is 14.0. The average Bonchev–Trinajstić information content (AvgIpc) is 2.87. The van der Waals surface area contributed by atoms with Crippen molar-refractivity contribution in [2.75, 3.05) is 0 Å². The third kappa shape index (κ3) is 2.40. The smallest absolute Gasteiger partial charge is 0.423 e. The van der Waals surface area contributed by atoms with Crippen molar-refractivity contribution in [1.82, 2.24) is 14.5 Å². The van der Waals surface area contributed by atoms with Gasteiger partial charge in [0.25, 0.3) is 5.56 Å². The number of imidazole rings is 1. The van der Waals surface area contributed by atoms with Crippen LogP contribution in [-0.2, 0) is 6.54 Å². The van der Waals surface area contributed by atoms with Crippen molar-refractivity contribution in [3.63, 3.8) is 0 Å². The number of fused-ring (bicyclic) bond motifs is 1. The summed E-state index contributed by atoms with van der Waals surface area (Å²) in [5.74, 6) is -1.82. The summed E-state index contributed by atoms with van der Waals surface area (Å²) < 4.78 is 29.4. The first-order valence-electron chi connectivity index (χ1n) is 6.34. The molecule has 0 saturated heterocycles. The molecule has 0 saturated carbocycles. The molecule has 0 aliphatic heterocycles. The molecule has 0 radical (unpaired) electrons. The number of benzene rings is 1. The summed E-state index contributed by atoms with van der Waals surface area (Å²) in [5, 5.41) is 17.9. The summed E-state index contributed by atoms with van der Waals surface area (Å²) in [6, 6.07) is 3.29. The van der Waals surface area contributed by atoms with Gasteiger partial charge in [-0.05, 0) is 23.7 Å². The first-order chi connectivity index (χ1) is 10.5. The molecular formula is C13H10BF2N3O3. The van der Waals surface area contributed by atoms with Gasteiger partial charge in [-0.3, -0.25) is 4.79 Å². The predicted molar refractivity (Wildman–Crippen MR) is 75.6 cm³/mol. The normalized spacial score (nSPS) is 11.1. The van der Waals surface area contributed by atoms with E-state index >= 15 is 0 Å². The van der Waals surface area contributed by atoms with Crippen LogP contribution < -0.4 is 11.0 Å². The largest absolute Gasteiger partial charge is 0.488 e. The first kappa shape index (κ1) is 14.4. The fourth-order valence-electron chi connectivity index (χ4n) is 2.23. The second-order valence-electron chi connectivity index (χ2n) is 4.75. The average molecular weight is 305 g/mol. The zero-order valence-electron chi connectivity index (χ0n) is 11.1. The third-order valence-corrected chi connectivity index (χ3v) is 3.34. The highest BCUT2D eigenvalue weighted by atomic mass is 19.1. The number of rotatable bonds is 3. The molecule has 22 heavy (non-hydrogen) atoms. The molecule has 9 heteroatoms. The van der Waals surface area contributed by atoms with E-state index in [0.717, 1.165) is 12.1 Å². The number of hydrogen-bond donors (Lipinski definition) is 3. The maximum Gasteiger partial charge on any atom is 0.488 e. The van der Waals surface area contributed by atoms with Crippen molar-refractivity contribution in [1.29, 1.82) is 0 Å². The van der Waals surface area contributed by atoms with Gasteiger partial charge in [0.1, 0.15) is 11.6 Å². The van der Waals surface area contributed by atoms with Crippen molar-refractivity contribution in [3.8, 4) is 0 Å². The van der Waals surface area contributed by atoms with E-state index in [-0.39, 0.29) is 23.1 Å². The SMILES string of the molecule is O=c1[nH]ccc2c1ncn2Cc1c(F)cc(B(O)O)cc1F. The van der Waals surface area contributed by atoms with Crippen LogP contribution in [0.4, 0.5) is 8.78 Å². The third-order valence-electron chi connectivity index (χ3n) is 3.34. The molecule has 112 valence electrons. The molecule has 0 aliphatic carbocycles. The standard InChI is InChI=1S/C13H10BF2N3O3/c15-9-3-7(14(21)22)4-10(16)8(9)5-19-6-18-12-11(19)1-2-17-13(12)20/h1-4,6,21-22H,5H2,(H,17,20). The molecule has 0 amide bonds. The van der Waals surface area contributed by atoms with Gasteiger partial charge < -0.3 is 19.6 Å². The summed E-state index contributed by atoms with van der Waals surface area (Å²) >= 11 is 0. The van der Waals surface area contributed by atoms with E-state index in [2.05, 4.69) is 9.97 Å². The van der Waals surface area contributed by atoms with Crippen LogP contribution in [0.2, 0.25) is 0 Å².